The van der Waals surface area contributed by atoms with Gasteiger partial charge in [-0.3, -0.25) is 9.36 Å². The minimum atomic E-state index is -0.251. The van der Waals surface area contributed by atoms with Gasteiger partial charge in [-0.1, -0.05) is 59.2 Å². The number of para-hydroxylation sites is 2. The molecule has 0 saturated carbocycles. The predicted octanol–water partition coefficient (Wildman–Crippen LogP) is 5.98. The Balaban J connectivity index is 1.60. The fraction of sp³-hybridized carbons (Fsp3) is 0.0870. The van der Waals surface area contributed by atoms with E-state index in [1.807, 2.05) is 59.2 Å². The van der Waals surface area contributed by atoms with E-state index in [1.165, 1.54) is 11.8 Å². The summed E-state index contributed by atoms with van der Waals surface area (Å²) in [6.07, 6.45) is 0. The summed E-state index contributed by atoms with van der Waals surface area (Å²) in [6.45, 7) is 0. The molecule has 0 unspecified atom stereocenters. The third-order valence-corrected chi connectivity index (χ3v) is 6.11. The molecule has 0 aliphatic rings. The predicted molar refractivity (Wildman–Crippen MR) is 129 cm³/mol. The van der Waals surface area contributed by atoms with Crippen LogP contribution in [0, 0.1) is 0 Å². The number of methoxy groups -OCH3 is 1. The Morgan fingerprint density at radius 3 is 2.31 bits per heavy atom. The largest absolute Gasteiger partial charge is 0.497 e. The van der Waals surface area contributed by atoms with Gasteiger partial charge >= 0.3 is 0 Å². The molecule has 0 aliphatic carbocycles. The first kappa shape index (κ1) is 22.2. The molecule has 4 aromatic rings. The van der Waals surface area contributed by atoms with Crippen LogP contribution in [0.15, 0.2) is 78.0 Å². The van der Waals surface area contributed by atoms with Gasteiger partial charge in [-0.2, -0.15) is 0 Å². The molecule has 0 bridgehead atoms. The number of halogens is 2. The van der Waals surface area contributed by atoms with E-state index in [4.69, 9.17) is 27.9 Å². The SMILES string of the molecule is COc1ccc(-c2nnc(SCC(=O)Nc3c(Cl)cccc3Cl)n2-c2ccccc2)cc1. The molecule has 0 radical (unpaired) electrons. The van der Waals surface area contributed by atoms with Gasteiger partial charge in [0.15, 0.2) is 11.0 Å². The maximum absolute atomic E-state index is 12.6. The van der Waals surface area contributed by atoms with Gasteiger partial charge in [0.25, 0.3) is 0 Å². The molecule has 0 aliphatic heterocycles. The number of nitrogens with zero attached hydrogens (tertiary/aromatic N) is 3. The first-order chi connectivity index (χ1) is 15.6. The van der Waals surface area contributed by atoms with Crippen molar-refractivity contribution in [2.45, 2.75) is 5.16 Å². The highest BCUT2D eigenvalue weighted by Crippen LogP contribution is 2.31. The van der Waals surface area contributed by atoms with Crippen LogP contribution in [0.4, 0.5) is 5.69 Å². The van der Waals surface area contributed by atoms with Crippen molar-refractivity contribution in [2.24, 2.45) is 0 Å². The van der Waals surface area contributed by atoms with E-state index < -0.39 is 0 Å². The van der Waals surface area contributed by atoms with Crippen molar-refractivity contribution in [1.29, 1.82) is 0 Å². The first-order valence-corrected chi connectivity index (χ1v) is 11.3. The van der Waals surface area contributed by atoms with Crippen LogP contribution < -0.4 is 10.1 Å². The number of carbonyl (C=O) groups excluding carboxylic acids is 1. The first-order valence-electron chi connectivity index (χ1n) is 9.58. The molecule has 1 aromatic heterocycles. The molecule has 0 saturated heterocycles. The average molecular weight is 485 g/mol. The number of benzene rings is 3. The molecule has 3 aromatic carbocycles. The van der Waals surface area contributed by atoms with Gasteiger partial charge in [0, 0.05) is 11.3 Å². The number of thioether (sulfide) groups is 1. The highest BCUT2D eigenvalue weighted by molar-refractivity contribution is 7.99. The van der Waals surface area contributed by atoms with Crippen molar-refractivity contribution >= 4 is 46.6 Å². The van der Waals surface area contributed by atoms with Crippen molar-refractivity contribution in [3.63, 3.8) is 0 Å². The van der Waals surface area contributed by atoms with Crippen LogP contribution in [-0.2, 0) is 4.79 Å². The second-order valence-corrected chi connectivity index (χ2v) is 8.40. The topological polar surface area (TPSA) is 69.0 Å². The molecule has 162 valence electrons. The molecule has 1 amide bonds. The number of anilines is 1. The molecule has 0 atom stereocenters. The average Bonchev–Trinajstić information content (AvgIpc) is 3.25. The molecule has 9 heteroatoms. The van der Waals surface area contributed by atoms with Crippen LogP contribution in [0.25, 0.3) is 17.1 Å². The zero-order valence-corrected chi connectivity index (χ0v) is 19.3. The molecule has 4 rings (SSSR count). The lowest BCUT2D eigenvalue weighted by Gasteiger charge is -2.11. The molecule has 0 spiro atoms. The zero-order chi connectivity index (χ0) is 22.5. The molecule has 1 N–H and O–H groups in total. The number of rotatable bonds is 7. The second kappa shape index (κ2) is 10.1. The van der Waals surface area contributed by atoms with Crippen LogP contribution in [0.2, 0.25) is 10.0 Å². The van der Waals surface area contributed by atoms with Crippen molar-refractivity contribution < 1.29 is 9.53 Å². The monoisotopic (exact) mass is 484 g/mol. The van der Waals surface area contributed by atoms with E-state index in [1.54, 1.807) is 25.3 Å². The summed E-state index contributed by atoms with van der Waals surface area (Å²) < 4.78 is 7.16. The Kier molecular flexibility index (Phi) is 6.99. The molecule has 6 nitrogen and oxygen atoms in total. The third-order valence-electron chi connectivity index (χ3n) is 4.56. The number of aromatic nitrogens is 3. The number of hydrogen-bond donors (Lipinski definition) is 1. The summed E-state index contributed by atoms with van der Waals surface area (Å²) in [5.74, 6) is 1.27. The van der Waals surface area contributed by atoms with Crippen molar-refractivity contribution in [3.05, 3.63) is 82.8 Å². The van der Waals surface area contributed by atoms with E-state index in [0.717, 1.165) is 17.0 Å². The summed E-state index contributed by atoms with van der Waals surface area (Å²) in [4.78, 5) is 12.6. The summed E-state index contributed by atoms with van der Waals surface area (Å²) >= 11 is 13.6. The zero-order valence-electron chi connectivity index (χ0n) is 17.0. The van der Waals surface area contributed by atoms with Crippen molar-refractivity contribution in [1.82, 2.24) is 14.8 Å². The van der Waals surface area contributed by atoms with Crippen LogP contribution in [0.3, 0.4) is 0 Å². The van der Waals surface area contributed by atoms with Crippen LogP contribution in [0.1, 0.15) is 0 Å². The minimum absolute atomic E-state index is 0.106. The number of ether oxygens (including phenoxy) is 1. The lowest BCUT2D eigenvalue weighted by molar-refractivity contribution is -0.113. The van der Waals surface area contributed by atoms with Crippen molar-refractivity contribution in [3.8, 4) is 22.8 Å². The Morgan fingerprint density at radius 2 is 1.66 bits per heavy atom. The number of nitrogens with one attached hydrogen (secondary N) is 1. The summed E-state index contributed by atoms with van der Waals surface area (Å²) in [5.41, 5.74) is 2.16. The highest BCUT2D eigenvalue weighted by Gasteiger charge is 2.18. The minimum Gasteiger partial charge on any atom is -0.497 e. The van der Waals surface area contributed by atoms with Gasteiger partial charge in [0.1, 0.15) is 5.75 Å². The maximum Gasteiger partial charge on any atom is 0.234 e. The van der Waals surface area contributed by atoms with E-state index in [-0.39, 0.29) is 11.7 Å². The maximum atomic E-state index is 12.6. The number of hydrogen-bond acceptors (Lipinski definition) is 5. The Bertz CT molecular complexity index is 1210. The Hall–Kier alpha value is -3.00. The summed E-state index contributed by atoms with van der Waals surface area (Å²) in [6, 6.07) is 22.4. The van der Waals surface area contributed by atoms with Crippen LogP contribution in [-0.4, -0.2) is 33.5 Å². The molecule has 1 heterocycles. The van der Waals surface area contributed by atoms with E-state index >= 15 is 0 Å². The van der Waals surface area contributed by atoms with Gasteiger partial charge in [-0.15, -0.1) is 10.2 Å². The highest BCUT2D eigenvalue weighted by atomic mass is 35.5. The van der Waals surface area contributed by atoms with E-state index in [9.17, 15) is 4.79 Å². The summed E-state index contributed by atoms with van der Waals surface area (Å²) in [5, 5.41) is 12.8. The normalized spacial score (nSPS) is 10.7. The van der Waals surface area contributed by atoms with Gasteiger partial charge in [-0.05, 0) is 48.5 Å². The van der Waals surface area contributed by atoms with Crippen LogP contribution >= 0.6 is 35.0 Å². The smallest absolute Gasteiger partial charge is 0.234 e. The van der Waals surface area contributed by atoms with Crippen LogP contribution in [0.5, 0.6) is 5.75 Å². The van der Waals surface area contributed by atoms with Crippen molar-refractivity contribution in [2.75, 3.05) is 18.2 Å². The Labute approximate surface area is 199 Å². The van der Waals surface area contributed by atoms with Gasteiger partial charge in [0.2, 0.25) is 5.91 Å². The fourth-order valence-electron chi connectivity index (χ4n) is 3.02. The molecular weight excluding hydrogens is 467 g/mol. The van der Waals surface area contributed by atoms with Gasteiger partial charge in [0.05, 0.1) is 28.6 Å². The molecule has 32 heavy (non-hydrogen) atoms. The fourth-order valence-corrected chi connectivity index (χ4v) is 4.27. The second-order valence-electron chi connectivity index (χ2n) is 6.64. The lowest BCUT2D eigenvalue weighted by Crippen LogP contribution is -2.15. The number of carbonyl (C=O) groups is 1. The van der Waals surface area contributed by atoms with E-state index in [2.05, 4.69) is 15.5 Å². The van der Waals surface area contributed by atoms with Gasteiger partial charge < -0.3 is 10.1 Å². The summed E-state index contributed by atoms with van der Waals surface area (Å²) in [7, 11) is 1.62. The van der Waals surface area contributed by atoms with Gasteiger partial charge in [-0.25, -0.2) is 0 Å². The molecule has 0 fully saturated rings. The quantitative estimate of drug-likeness (QED) is 0.326. The standard InChI is InChI=1S/C23H18Cl2N4O2S/c1-31-17-12-10-15(11-13-17)22-27-28-23(29(22)16-6-3-2-4-7-16)32-14-20(30)26-21-18(24)8-5-9-19(21)25/h2-13H,14H2,1H3,(H,26,30). The Morgan fingerprint density at radius 1 is 0.969 bits per heavy atom. The lowest BCUT2D eigenvalue weighted by atomic mass is 10.2. The molecular formula is C23H18Cl2N4O2S. The number of amides is 1. The van der Waals surface area contributed by atoms with E-state index in [0.29, 0.717) is 26.7 Å². The third kappa shape index (κ3) is 4.91.